The second-order valence-corrected chi connectivity index (χ2v) is 5.75. The molecule has 0 aromatic carbocycles. The van der Waals surface area contributed by atoms with Crippen molar-refractivity contribution in [2.24, 2.45) is 0 Å². The summed E-state index contributed by atoms with van der Waals surface area (Å²) in [5.41, 5.74) is 1.68. The van der Waals surface area contributed by atoms with Gasteiger partial charge in [0, 0.05) is 37.0 Å². The van der Waals surface area contributed by atoms with Gasteiger partial charge in [0.05, 0.1) is 25.8 Å². The molecule has 0 saturated carbocycles. The molecule has 1 saturated heterocycles. The lowest BCUT2D eigenvalue weighted by molar-refractivity contribution is 0.0244. The molecule has 1 aliphatic heterocycles. The Hall–Kier alpha value is -2.87. The fourth-order valence-corrected chi connectivity index (χ4v) is 2.80. The number of H-pyrrole nitrogens is 1. The summed E-state index contributed by atoms with van der Waals surface area (Å²) in [6.45, 7) is 1.43. The lowest BCUT2D eigenvalue weighted by atomic mass is 10.1. The van der Waals surface area contributed by atoms with E-state index in [1.165, 1.54) is 0 Å². The molecule has 4 rings (SSSR count). The Balaban J connectivity index is 1.64. The second kappa shape index (κ2) is 6.94. The topological polar surface area (TPSA) is 94.2 Å². The van der Waals surface area contributed by atoms with Crippen molar-refractivity contribution in [1.29, 1.82) is 0 Å². The van der Waals surface area contributed by atoms with Crippen LogP contribution in [0.1, 0.15) is 12.8 Å². The van der Waals surface area contributed by atoms with Crippen LogP contribution in [0.5, 0.6) is 11.8 Å². The average molecular weight is 341 g/mol. The summed E-state index contributed by atoms with van der Waals surface area (Å²) in [5.74, 6) is 1.75. The number of pyridine rings is 2. The van der Waals surface area contributed by atoms with Crippen LogP contribution in [0.3, 0.4) is 0 Å². The molecule has 130 valence electrons. The van der Waals surface area contributed by atoms with Gasteiger partial charge < -0.3 is 19.5 Å². The van der Waals surface area contributed by atoms with Gasteiger partial charge in [0.1, 0.15) is 11.5 Å². The summed E-state index contributed by atoms with van der Waals surface area (Å²) >= 11 is 0. The number of anilines is 2. The summed E-state index contributed by atoms with van der Waals surface area (Å²) in [5, 5.41) is 11.5. The van der Waals surface area contributed by atoms with Gasteiger partial charge in [-0.1, -0.05) is 0 Å². The van der Waals surface area contributed by atoms with Crippen molar-refractivity contribution in [2.45, 2.75) is 18.9 Å². The summed E-state index contributed by atoms with van der Waals surface area (Å²) in [7, 11) is 1.58. The summed E-state index contributed by atoms with van der Waals surface area (Å²) < 4.78 is 16.7. The van der Waals surface area contributed by atoms with E-state index in [-0.39, 0.29) is 6.10 Å². The highest BCUT2D eigenvalue weighted by Crippen LogP contribution is 2.32. The van der Waals surface area contributed by atoms with Crippen LogP contribution in [0.2, 0.25) is 0 Å². The van der Waals surface area contributed by atoms with Crippen molar-refractivity contribution in [2.75, 3.05) is 25.6 Å². The molecular weight excluding hydrogens is 322 g/mol. The van der Waals surface area contributed by atoms with Crippen LogP contribution in [0, 0.1) is 0 Å². The molecule has 3 aromatic heterocycles. The van der Waals surface area contributed by atoms with Crippen molar-refractivity contribution in [1.82, 2.24) is 20.2 Å². The molecule has 25 heavy (non-hydrogen) atoms. The van der Waals surface area contributed by atoms with Crippen LogP contribution >= 0.6 is 0 Å². The fraction of sp³-hybridized carbons (Fsp3) is 0.353. The van der Waals surface area contributed by atoms with Crippen molar-refractivity contribution in [3.63, 3.8) is 0 Å². The SMILES string of the molecule is COc1cc(Nc2n[nH]c3ccnc(OC4CCOCC4)c23)ccn1. The number of hydrogen-bond acceptors (Lipinski definition) is 7. The molecule has 8 heteroatoms. The van der Waals surface area contributed by atoms with Gasteiger partial charge in [0.15, 0.2) is 5.82 Å². The third-order valence-electron chi connectivity index (χ3n) is 4.09. The van der Waals surface area contributed by atoms with Gasteiger partial charge in [0.25, 0.3) is 0 Å². The number of fused-ring (bicyclic) bond motifs is 1. The number of aromatic amines is 1. The zero-order valence-corrected chi connectivity index (χ0v) is 13.9. The van der Waals surface area contributed by atoms with Crippen LogP contribution in [-0.2, 0) is 4.74 Å². The third kappa shape index (κ3) is 3.34. The third-order valence-corrected chi connectivity index (χ3v) is 4.09. The van der Waals surface area contributed by atoms with Gasteiger partial charge >= 0.3 is 0 Å². The van der Waals surface area contributed by atoms with E-state index >= 15 is 0 Å². The maximum atomic E-state index is 6.12. The van der Waals surface area contributed by atoms with E-state index in [1.54, 1.807) is 25.6 Å². The van der Waals surface area contributed by atoms with E-state index in [0.29, 0.717) is 30.8 Å². The highest BCUT2D eigenvalue weighted by Gasteiger charge is 2.20. The van der Waals surface area contributed by atoms with Crippen LogP contribution in [-0.4, -0.2) is 46.6 Å². The minimum atomic E-state index is 0.107. The summed E-state index contributed by atoms with van der Waals surface area (Å²) in [6.07, 6.45) is 5.22. The summed E-state index contributed by atoms with van der Waals surface area (Å²) in [4.78, 5) is 8.51. The largest absolute Gasteiger partial charge is 0.481 e. The number of nitrogens with one attached hydrogen (secondary N) is 2. The highest BCUT2D eigenvalue weighted by atomic mass is 16.5. The Bertz CT molecular complexity index is 860. The van der Waals surface area contributed by atoms with Crippen molar-refractivity contribution in [3.8, 4) is 11.8 Å². The minimum Gasteiger partial charge on any atom is -0.481 e. The number of nitrogens with zero attached hydrogens (tertiary/aromatic N) is 3. The normalized spacial score (nSPS) is 15.2. The van der Waals surface area contributed by atoms with Crippen molar-refractivity contribution < 1.29 is 14.2 Å². The fourth-order valence-electron chi connectivity index (χ4n) is 2.80. The van der Waals surface area contributed by atoms with E-state index in [2.05, 4.69) is 25.5 Å². The molecule has 0 bridgehead atoms. The molecule has 2 N–H and O–H groups in total. The van der Waals surface area contributed by atoms with Crippen LogP contribution in [0.15, 0.2) is 30.6 Å². The smallest absolute Gasteiger partial charge is 0.227 e. The lowest BCUT2D eigenvalue weighted by Crippen LogP contribution is -2.26. The van der Waals surface area contributed by atoms with Gasteiger partial charge in [0.2, 0.25) is 11.8 Å². The van der Waals surface area contributed by atoms with Crippen molar-refractivity contribution in [3.05, 3.63) is 30.6 Å². The van der Waals surface area contributed by atoms with Crippen LogP contribution < -0.4 is 14.8 Å². The molecule has 0 atom stereocenters. The molecule has 0 amide bonds. The number of hydrogen-bond donors (Lipinski definition) is 2. The number of rotatable bonds is 5. The zero-order valence-electron chi connectivity index (χ0n) is 13.9. The van der Waals surface area contributed by atoms with Crippen molar-refractivity contribution >= 4 is 22.4 Å². The average Bonchev–Trinajstić information content (AvgIpc) is 3.07. The standard InChI is InChI=1S/C17H19N5O3/c1-23-14-10-11(2-6-18-14)20-16-15-13(21-22-16)3-7-19-17(15)25-12-4-8-24-9-5-12/h2-3,6-7,10,12H,4-5,8-9H2,1H3,(H2,18,20,21,22). The van der Waals surface area contributed by atoms with Gasteiger partial charge in [-0.2, -0.15) is 5.10 Å². The first-order valence-corrected chi connectivity index (χ1v) is 8.18. The maximum Gasteiger partial charge on any atom is 0.227 e. The quantitative estimate of drug-likeness (QED) is 0.737. The highest BCUT2D eigenvalue weighted by molar-refractivity contribution is 5.95. The molecule has 8 nitrogen and oxygen atoms in total. The Labute approximate surface area is 144 Å². The van der Waals surface area contributed by atoms with Gasteiger partial charge in [-0.05, 0) is 12.1 Å². The number of methoxy groups -OCH3 is 1. The molecule has 1 fully saturated rings. The lowest BCUT2D eigenvalue weighted by Gasteiger charge is -2.23. The first-order chi connectivity index (χ1) is 12.3. The molecule has 0 unspecified atom stereocenters. The van der Waals surface area contributed by atoms with Crippen LogP contribution in [0.25, 0.3) is 10.9 Å². The first kappa shape index (κ1) is 15.6. The van der Waals surface area contributed by atoms with E-state index in [9.17, 15) is 0 Å². The predicted molar refractivity (Wildman–Crippen MR) is 92.4 cm³/mol. The van der Waals surface area contributed by atoms with Crippen LogP contribution in [0.4, 0.5) is 11.5 Å². The molecule has 0 radical (unpaired) electrons. The Kier molecular flexibility index (Phi) is 4.34. The molecular formula is C17H19N5O3. The van der Waals surface area contributed by atoms with E-state index < -0.39 is 0 Å². The Morgan fingerprint density at radius 2 is 2.04 bits per heavy atom. The molecule has 3 aromatic rings. The second-order valence-electron chi connectivity index (χ2n) is 5.75. The molecule has 1 aliphatic rings. The molecule has 0 aliphatic carbocycles. The van der Waals surface area contributed by atoms with Gasteiger partial charge in [-0.15, -0.1) is 0 Å². The maximum absolute atomic E-state index is 6.12. The molecule has 0 spiro atoms. The Morgan fingerprint density at radius 3 is 2.88 bits per heavy atom. The summed E-state index contributed by atoms with van der Waals surface area (Å²) in [6, 6.07) is 5.52. The number of aromatic nitrogens is 4. The molecule has 4 heterocycles. The predicted octanol–water partition coefficient (Wildman–Crippen LogP) is 2.66. The van der Waals surface area contributed by atoms with Gasteiger partial charge in [-0.3, -0.25) is 5.10 Å². The monoisotopic (exact) mass is 341 g/mol. The van der Waals surface area contributed by atoms with E-state index in [4.69, 9.17) is 14.2 Å². The zero-order chi connectivity index (χ0) is 17.1. The van der Waals surface area contributed by atoms with E-state index in [0.717, 1.165) is 29.4 Å². The minimum absolute atomic E-state index is 0.107. The van der Waals surface area contributed by atoms with E-state index in [1.807, 2.05) is 12.1 Å². The number of ether oxygens (including phenoxy) is 3. The first-order valence-electron chi connectivity index (χ1n) is 8.18. The van der Waals surface area contributed by atoms with Gasteiger partial charge in [-0.25, -0.2) is 9.97 Å². The Morgan fingerprint density at radius 1 is 1.20 bits per heavy atom.